The molecule has 0 saturated carbocycles. The van der Waals surface area contributed by atoms with Gasteiger partial charge in [-0.15, -0.1) is 6.58 Å². The molecule has 26 heavy (non-hydrogen) atoms. The Bertz CT molecular complexity index is 768. The number of amides is 3. The molecule has 0 radical (unpaired) electrons. The first-order chi connectivity index (χ1) is 12.4. The van der Waals surface area contributed by atoms with Crippen LogP contribution in [0, 0.1) is 7.14 Å². The minimum Gasteiger partial charge on any atom is -0.480 e. The first-order valence-electron chi connectivity index (χ1n) is 7.60. The largest absolute Gasteiger partial charge is 0.480 e. The van der Waals surface area contributed by atoms with E-state index in [1.54, 1.807) is 25.1 Å². The van der Waals surface area contributed by atoms with E-state index in [4.69, 9.17) is 9.47 Å². The van der Waals surface area contributed by atoms with E-state index in [2.05, 4.69) is 57.1 Å². The van der Waals surface area contributed by atoms with Crippen LogP contribution in [0.1, 0.15) is 12.5 Å². The summed E-state index contributed by atoms with van der Waals surface area (Å²) in [7, 11) is 0. The predicted molar refractivity (Wildman–Crippen MR) is 112 cm³/mol. The molecule has 0 spiro atoms. The van der Waals surface area contributed by atoms with Crippen molar-refractivity contribution in [2.45, 2.75) is 6.92 Å². The molecule has 1 aliphatic heterocycles. The molecule has 1 heterocycles. The van der Waals surface area contributed by atoms with Gasteiger partial charge in [0.2, 0.25) is 0 Å². The van der Waals surface area contributed by atoms with Gasteiger partial charge in [0.15, 0.2) is 6.61 Å². The number of esters is 1. The Hall–Kier alpha value is -1.63. The van der Waals surface area contributed by atoms with E-state index in [1.807, 2.05) is 0 Å². The van der Waals surface area contributed by atoms with Crippen molar-refractivity contribution in [2.75, 3.05) is 19.8 Å². The number of urea groups is 1. The molecule has 1 fully saturated rings. The van der Waals surface area contributed by atoms with Gasteiger partial charge in [-0.2, -0.15) is 0 Å². The molecule has 1 N–H and O–H groups in total. The summed E-state index contributed by atoms with van der Waals surface area (Å²) in [5.74, 6) is -0.272. The number of benzene rings is 1. The van der Waals surface area contributed by atoms with Gasteiger partial charge in [0.1, 0.15) is 11.4 Å². The second-order valence-electron chi connectivity index (χ2n) is 5.10. The quantitative estimate of drug-likeness (QED) is 0.176. The lowest BCUT2D eigenvalue weighted by atomic mass is 10.2. The van der Waals surface area contributed by atoms with Crippen LogP contribution in [0.25, 0.3) is 6.08 Å². The van der Waals surface area contributed by atoms with Crippen molar-refractivity contribution in [3.05, 3.63) is 43.2 Å². The van der Waals surface area contributed by atoms with Crippen molar-refractivity contribution in [1.29, 1.82) is 0 Å². The second-order valence-corrected chi connectivity index (χ2v) is 7.42. The fourth-order valence-corrected chi connectivity index (χ4v) is 4.30. The van der Waals surface area contributed by atoms with E-state index in [1.165, 1.54) is 6.08 Å². The number of hydrogen-bond donors (Lipinski definition) is 1. The Labute approximate surface area is 178 Å². The van der Waals surface area contributed by atoms with E-state index in [-0.39, 0.29) is 18.8 Å². The summed E-state index contributed by atoms with van der Waals surface area (Å²) >= 11 is 4.17. The zero-order valence-corrected chi connectivity index (χ0v) is 18.2. The molecule has 0 aliphatic carbocycles. The summed E-state index contributed by atoms with van der Waals surface area (Å²) in [6.45, 7) is 5.54. The van der Waals surface area contributed by atoms with Gasteiger partial charge in [0.25, 0.3) is 5.91 Å². The Morgan fingerprint density at radius 3 is 2.54 bits per heavy atom. The molecule has 1 saturated heterocycles. The van der Waals surface area contributed by atoms with Crippen LogP contribution in [-0.2, 0) is 14.3 Å². The van der Waals surface area contributed by atoms with Crippen molar-refractivity contribution in [1.82, 2.24) is 10.2 Å². The van der Waals surface area contributed by atoms with Crippen molar-refractivity contribution >= 4 is 69.2 Å². The third-order valence-corrected chi connectivity index (χ3v) is 4.85. The smallest absolute Gasteiger partial charge is 0.344 e. The first kappa shape index (κ1) is 20.7. The topological polar surface area (TPSA) is 84.9 Å². The van der Waals surface area contributed by atoms with Gasteiger partial charge in [-0.3, -0.25) is 9.69 Å². The lowest BCUT2D eigenvalue weighted by Crippen LogP contribution is -2.30. The molecular formula is C17H16I2N2O5. The van der Waals surface area contributed by atoms with Crippen molar-refractivity contribution in [3.8, 4) is 5.75 Å². The number of carbonyl (C=O) groups excluding carboxylic acids is 3. The summed E-state index contributed by atoms with van der Waals surface area (Å²) in [5, 5.41) is 2.55. The minimum absolute atomic E-state index is 0.151. The van der Waals surface area contributed by atoms with Crippen LogP contribution < -0.4 is 10.1 Å². The fourth-order valence-electron chi connectivity index (χ4n) is 2.17. The van der Waals surface area contributed by atoms with Crippen molar-refractivity contribution < 1.29 is 23.9 Å². The van der Waals surface area contributed by atoms with Crippen LogP contribution in [0.3, 0.4) is 0 Å². The molecule has 138 valence electrons. The average molecular weight is 582 g/mol. The normalized spacial score (nSPS) is 15.2. The van der Waals surface area contributed by atoms with E-state index in [0.717, 1.165) is 17.6 Å². The molecule has 3 amide bonds. The van der Waals surface area contributed by atoms with Gasteiger partial charge in [0, 0.05) is 6.54 Å². The maximum absolute atomic E-state index is 12.2. The van der Waals surface area contributed by atoms with E-state index in [0.29, 0.717) is 12.4 Å². The van der Waals surface area contributed by atoms with Crippen molar-refractivity contribution in [3.63, 3.8) is 0 Å². The van der Waals surface area contributed by atoms with Crippen LogP contribution in [0.2, 0.25) is 0 Å². The monoisotopic (exact) mass is 582 g/mol. The molecule has 0 atom stereocenters. The highest BCUT2D eigenvalue weighted by molar-refractivity contribution is 14.1. The Balaban J connectivity index is 2.19. The van der Waals surface area contributed by atoms with Gasteiger partial charge in [-0.25, -0.2) is 9.59 Å². The highest BCUT2D eigenvalue weighted by Gasteiger charge is 2.32. The lowest BCUT2D eigenvalue weighted by Gasteiger charge is -2.11. The number of ether oxygens (including phenoxy) is 2. The number of halogens is 2. The molecule has 2 rings (SSSR count). The molecule has 7 nitrogen and oxygen atoms in total. The van der Waals surface area contributed by atoms with Crippen LogP contribution in [0.4, 0.5) is 4.79 Å². The van der Waals surface area contributed by atoms with E-state index in [9.17, 15) is 14.4 Å². The molecule has 0 unspecified atom stereocenters. The Morgan fingerprint density at radius 2 is 1.96 bits per heavy atom. The summed E-state index contributed by atoms with van der Waals surface area (Å²) in [6, 6.07) is 3.12. The Kier molecular flexibility index (Phi) is 7.43. The first-order valence-corrected chi connectivity index (χ1v) is 9.76. The van der Waals surface area contributed by atoms with Crippen molar-refractivity contribution in [2.24, 2.45) is 0 Å². The number of hydrogen-bond acceptors (Lipinski definition) is 5. The van der Waals surface area contributed by atoms with Crippen LogP contribution in [-0.4, -0.2) is 42.6 Å². The average Bonchev–Trinajstić information content (AvgIpc) is 2.82. The van der Waals surface area contributed by atoms with Crippen LogP contribution in [0.15, 0.2) is 30.5 Å². The molecule has 0 aromatic heterocycles. The standard InChI is InChI=1S/C17H16I2N2O5/c1-3-5-21-16(23)13(20-17(21)24)8-10-6-11(18)15(12(19)7-10)26-9-14(22)25-4-2/h3,6-8H,1,4-5,9H2,2H3,(H,20,24)/b13-8+. The number of rotatable bonds is 7. The zero-order valence-electron chi connectivity index (χ0n) is 13.9. The van der Waals surface area contributed by atoms with Crippen LogP contribution in [0.5, 0.6) is 5.75 Å². The van der Waals surface area contributed by atoms with Gasteiger partial charge >= 0.3 is 12.0 Å². The van der Waals surface area contributed by atoms with Gasteiger partial charge in [0.05, 0.1) is 13.7 Å². The number of nitrogens with zero attached hydrogens (tertiary/aromatic N) is 1. The maximum Gasteiger partial charge on any atom is 0.344 e. The second kappa shape index (κ2) is 9.35. The third kappa shape index (κ3) is 4.96. The number of nitrogens with one attached hydrogen (secondary N) is 1. The predicted octanol–water partition coefficient (Wildman–Crippen LogP) is 2.92. The SMILES string of the molecule is C=CCN1C(=O)N/C(=C/c2cc(I)c(OCC(=O)OCC)c(I)c2)C1=O. The summed E-state index contributed by atoms with van der Waals surface area (Å²) in [4.78, 5) is 36.5. The van der Waals surface area contributed by atoms with Gasteiger partial charge in [-0.1, -0.05) is 6.08 Å². The maximum atomic E-state index is 12.2. The number of carbonyl (C=O) groups is 3. The number of imide groups is 1. The van der Waals surface area contributed by atoms with Gasteiger partial charge < -0.3 is 14.8 Å². The highest BCUT2D eigenvalue weighted by atomic mass is 127. The summed E-state index contributed by atoms with van der Waals surface area (Å²) < 4.78 is 11.9. The summed E-state index contributed by atoms with van der Waals surface area (Å²) in [6.07, 6.45) is 3.09. The lowest BCUT2D eigenvalue weighted by molar-refractivity contribution is -0.145. The van der Waals surface area contributed by atoms with Gasteiger partial charge in [-0.05, 0) is 75.9 Å². The molecule has 1 aliphatic rings. The molecule has 1 aromatic rings. The minimum atomic E-state index is -0.472. The van der Waals surface area contributed by atoms with E-state index >= 15 is 0 Å². The summed E-state index contributed by atoms with van der Waals surface area (Å²) in [5.41, 5.74) is 0.926. The highest BCUT2D eigenvalue weighted by Crippen LogP contribution is 2.30. The molecule has 1 aromatic carbocycles. The molecule has 0 bridgehead atoms. The molecule has 9 heteroatoms. The third-order valence-electron chi connectivity index (χ3n) is 3.25. The Morgan fingerprint density at radius 1 is 1.31 bits per heavy atom. The van der Waals surface area contributed by atoms with E-state index < -0.39 is 17.9 Å². The molecular weight excluding hydrogens is 566 g/mol. The fraction of sp³-hybridized carbons (Fsp3) is 0.235. The zero-order chi connectivity index (χ0) is 19.3. The van der Waals surface area contributed by atoms with Crippen LogP contribution >= 0.6 is 45.2 Å².